The van der Waals surface area contributed by atoms with Crippen LogP contribution < -0.4 is 20.1 Å². The number of anilines is 1. The third-order valence-corrected chi connectivity index (χ3v) is 12.3. The van der Waals surface area contributed by atoms with Crippen LogP contribution in [0.1, 0.15) is 79.6 Å². The van der Waals surface area contributed by atoms with Gasteiger partial charge >= 0.3 is 6.01 Å². The summed E-state index contributed by atoms with van der Waals surface area (Å²) in [4.78, 5) is 18.7. The van der Waals surface area contributed by atoms with Crippen molar-refractivity contribution in [3.63, 3.8) is 0 Å². The molecule has 0 bridgehead atoms. The number of likely N-dealkylation sites (tertiary alicyclic amines) is 1. The second-order valence-electron chi connectivity index (χ2n) is 16.7. The number of benzene rings is 2. The van der Waals surface area contributed by atoms with Crippen LogP contribution in [0.4, 0.5) is 14.6 Å². The zero-order valence-electron chi connectivity index (χ0n) is 33.0. The van der Waals surface area contributed by atoms with Crippen molar-refractivity contribution in [1.82, 2.24) is 19.9 Å². The van der Waals surface area contributed by atoms with Crippen molar-refractivity contribution in [2.24, 2.45) is 17.1 Å². The molecule has 13 heteroatoms. The molecule has 2 aliphatic carbocycles. The van der Waals surface area contributed by atoms with E-state index >= 15 is 8.78 Å². The first-order valence-electron chi connectivity index (χ1n) is 19.9. The molecule has 4 fully saturated rings. The van der Waals surface area contributed by atoms with E-state index in [1.807, 2.05) is 18.7 Å². The predicted molar refractivity (Wildman–Crippen MR) is 210 cm³/mol. The summed E-state index contributed by atoms with van der Waals surface area (Å²) in [5.41, 5.74) is 4.65. The third kappa shape index (κ3) is 7.40. The number of nitrogens with two attached hydrogens (primary N) is 1. The minimum atomic E-state index is -1.23. The largest absolute Gasteiger partial charge is 0.508 e. The van der Waals surface area contributed by atoms with Crippen LogP contribution in [0.15, 0.2) is 30.3 Å². The second-order valence-corrected chi connectivity index (χ2v) is 16.7. The van der Waals surface area contributed by atoms with E-state index in [0.29, 0.717) is 43.1 Å². The molecule has 8 rings (SSSR count). The Kier molecular flexibility index (Phi) is 10.9. The van der Waals surface area contributed by atoms with Crippen molar-refractivity contribution >= 4 is 27.5 Å². The Labute approximate surface area is 322 Å². The minimum Gasteiger partial charge on any atom is -0.508 e. The molecule has 4 aliphatic rings. The van der Waals surface area contributed by atoms with E-state index < -0.39 is 17.2 Å². The maximum Gasteiger partial charge on any atom is 0.319 e. The van der Waals surface area contributed by atoms with Gasteiger partial charge in [-0.25, -0.2) is 13.8 Å². The lowest BCUT2D eigenvalue weighted by Crippen LogP contribution is -2.61. The highest BCUT2D eigenvalue weighted by atomic mass is 19.1. The second kappa shape index (κ2) is 15.2. The summed E-state index contributed by atoms with van der Waals surface area (Å²) in [7, 11) is 1.41. The van der Waals surface area contributed by atoms with Crippen LogP contribution in [0.3, 0.4) is 0 Å². The van der Waals surface area contributed by atoms with E-state index in [2.05, 4.69) is 23.7 Å². The van der Waals surface area contributed by atoms with E-state index in [0.717, 1.165) is 51.5 Å². The number of fused-ring (bicyclic) bond motifs is 3. The summed E-state index contributed by atoms with van der Waals surface area (Å²) < 4.78 is 50.6. The summed E-state index contributed by atoms with van der Waals surface area (Å²) in [5.74, 6) is -0.802. The Morgan fingerprint density at radius 2 is 1.82 bits per heavy atom. The molecule has 4 heterocycles. The summed E-state index contributed by atoms with van der Waals surface area (Å²) >= 11 is 0. The number of aromatic nitrogens is 3. The Bertz CT molecular complexity index is 2040. The van der Waals surface area contributed by atoms with Gasteiger partial charge in [0.15, 0.2) is 5.82 Å². The lowest BCUT2D eigenvalue weighted by atomic mass is 9.67. The van der Waals surface area contributed by atoms with E-state index in [9.17, 15) is 10.2 Å². The average Bonchev–Trinajstić information content (AvgIpc) is 3.47. The number of halogens is 2. The summed E-state index contributed by atoms with van der Waals surface area (Å²) in [6.07, 6.45) is 7.51. The molecule has 0 spiro atoms. The van der Waals surface area contributed by atoms with Crippen molar-refractivity contribution in [1.29, 1.82) is 0 Å². The van der Waals surface area contributed by atoms with E-state index in [1.165, 1.54) is 31.4 Å². The van der Waals surface area contributed by atoms with Crippen LogP contribution in [0.25, 0.3) is 32.9 Å². The van der Waals surface area contributed by atoms with Crippen molar-refractivity contribution in [2.45, 2.75) is 103 Å². The van der Waals surface area contributed by atoms with Crippen LogP contribution >= 0.6 is 0 Å². The molecule has 11 nitrogen and oxygen atoms in total. The Balaban J connectivity index is 0.00000229. The quantitative estimate of drug-likeness (QED) is 0.171. The van der Waals surface area contributed by atoms with Gasteiger partial charge in [0.2, 0.25) is 5.88 Å². The molecule has 2 saturated carbocycles. The number of ether oxygens (including phenoxy) is 3. The zero-order chi connectivity index (χ0) is 39.3. The highest BCUT2D eigenvalue weighted by Gasteiger charge is 2.52. The van der Waals surface area contributed by atoms with Gasteiger partial charge < -0.3 is 35.1 Å². The van der Waals surface area contributed by atoms with Crippen LogP contribution in [0.5, 0.6) is 17.6 Å². The SMILES string of the molecule is CC.COc1nc(-c2cc(O)cc3cccc(F)c23)c(F)c2nc(OCC34CCCC3N(C3CC(C(C)(C)N)C3)CCC4)nc(N3CCOCC(C)(O)C3)c12. The zero-order valence-corrected chi connectivity index (χ0v) is 33.0. The molecule has 3 atom stereocenters. The Hall–Kier alpha value is -3.91. The monoisotopic (exact) mass is 762 g/mol. The number of phenols is 1. The summed E-state index contributed by atoms with van der Waals surface area (Å²) in [6, 6.07) is 8.02. The molecule has 298 valence electrons. The van der Waals surface area contributed by atoms with Crippen molar-refractivity contribution < 1.29 is 33.2 Å². The van der Waals surface area contributed by atoms with E-state index in [-0.39, 0.29) is 75.1 Å². The van der Waals surface area contributed by atoms with Gasteiger partial charge in [-0.1, -0.05) is 32.4 Å². The maximum absolute atomic E-state index is 17.2. The first-order chi connectivity index (χ1) is 26.3. The fraction of sp³-hybridized carbons (Fsp3) is 0.595. The molecule has 3 unspecified atom stereocenters. The van der Waals surface area contributed by atoms with Gasteiger partial charge in [0.1, 0.15) is 39.6 Å². The fourth-order valence-electron chi connectivity index (χ4n) is 9.51. The Morgan fingerprint density at radius 3 is 2.56 bits per heavy atom. The topological polar surface area (TPSA) is 139 Å². The molecular formula is C42H56F2N6O5. The van der Waals surface area contributed by atoms with Gasteiger partial charge in [-0.3, -0.25) is 4.90 Å². The van der Waals surface area contributed by atoms with Gasteiger partial charge in [-0.15, -0.1) is 0 Å². The van der Waals surface area contributed by atoms with E-state index in [4.69, 9.17) is 29.9 Å². The number of methoxy groups -OCH3 is 1. The van der Waals surface area contributed by atoms with Crippen molar-refractivity contribution in [3.8, 4) is 28.9 Å². The van der Waals surface area contributed by atoms with Gasteiger partial charge in [0, 0.05) is 40.5 Å². The molecule has 2 aliphatic heterocycles. The predicted octanol–water partition coefficient (Wildman–Crippen LogP) is 6.98. The van der Waals surface area contributed by atoms with Gasteiger partial charge in [0.25, 0.3) is 0 Å². The molecule has 2 aromatic carbocycles. The summed E-state index contributed by atoms with van der Waals surface area (Å²) in [6.45, 7) is 12.3. The first kappa shape index (κ1) is 39.3. The number of hydrogen-bond acceptors (Lipinski definition) is 11. The minimum absolute atomic E-state index is 0.00639. The van der Waals surface area contributed by atoms with Crippen molar-refractivity contribution in [3.05, 3.63) is 42.0 Å². The number of aliphatic hydroxyl groups is 1. The normalized spacial score (nSPS) is 27.2. The number of pyridine rings is 1. The number of aromatic hydroxyl groups is 1. The highest BCUT2D eigenvalue weighted by molar-refractivity contribution is 6.02. The van der Waals surface area contributed by atoms with Gasteiger partial charge in [-0.05, 0) is 95.3 Å². The molecule has 2 aromatic heterocycles. The fourth-order valence-corrected chi connectivity index (χ4v) is 9.51. The molecule has 4 aromatic rings. The molecule has 0 amide bonds. The number of hydrogen-bond donors (Lipinski definition) is 3. The maximum atomic E-state index is 17.2. The van der Waals surface area contributed by atoms with Crippen LogP contribution in [0, 0.1) is 23.0 Å². The lowest BCUT2D eigenvalue weighted by molar-refractivity contribution is -0.0616. The number of phenolic OH excluding ortho intramolecular Hbond substituents is 1. The molecule has 2 saturated heterocycles. The summed E-state index contributed by atoms with van der Waals surface area (Å²) in [5, 5.41) is 22.4. The lowest BCUT2D eigenvalue weighted by Gasteiger charge is -2.55. The number of piperidine rings is 1. The molecule has 55 heavy (non-hydrogen) atoms. The van der Waals surface area contributed by atoms with Crippen molar-refractivity contribution in [2.75, 3.05) is 51.5 Å². The van der Waals surface area contributed by atoms with Gasteiger partial charge in [0.05, 0.1) is 33.5 Å². The number of rotatable bonds is 8. The number of β-amino-alcohol motifs (C(OH)–C–C–N with tert-alkyl or cyclic N) is 1. The van der Waals surface area contributed by atoms with Crippen LogP contribution in [-0.4, -0.2) is 99.9 Å². The molecule has 0 radical (unpaired) electrons. The van der Waals surface area contributed by atoms with Crippen LogP contribution in [0.2, 0.25) is 0 Å². The Morgan fingerprint density at radius 1 is 1.05 bits per heavy atom. The standard InChI is InChI=1S/C40H50F2N6O5.C2H6/c1-38(2,43)24-17-25(18-24)48-13-7-12-40(11-6-10-29(40)48)22-53-37-45-34-31(35(46-37)47-14-15-52-21-39(3,50)20-47)36(51-4)44-33(32(34)42)27-19-26(49)16-23-8-5-9-28(41)30(23)27;1-2/h5,8-9,16,19,24-25,29,49-50H,6-7,10-15,17-18,20-22,43H2,1-4H3;1-2H3. The molecular weight excluding hydrogens is 706 g/mol. The smallest absolute Gasteiger partial charge is 0.319 e. The van der Waals surface area contributed by atoms with Crippen LogP contribution in [-0.2, 0) is 4.74 Å². The molecule has 4 N–H and O–H groups in total. The number of nitrogens with zero attached hydrogens (tertiary/aromatic N) is 5. The van der Waals surface area contributed by atoms with E-state index in [1.54, 1.807) is 13.0 Å². The van der Waals surface area contributed by atoms with Gasteiger partial charge in [-0.2, -0.15) is 9.97 Å². The third-order valence-electron chi connectivity index (χ3n) is 12.3. The first-order valence-corrected chi connectivity index (χ1v) is 19.9. The highest BCUT2D eigenvalue weighted by Crippen LogP contribution is 2.52. The average molecular weight is 763 g/mol.